The normalized spacial score (nSPS) is 10.6. The number of carbonyl (C=O) groups is 1. The first-order chi connectivity index (χ1) is 11.7. The van der Waals surface area contributed by atoms with E-state index in [0.717, 1.165) is 11.3 Å². The van der Waals surface area contributed by atoms with Gasteiger partial charge in [-0.2, -0.15) is 4.98 Å². The number of hydrogen-bond acceptors (Lipinski definition) is 6. The van der Waals surface area contributed by atoms with E-state index < -0.39 is 0 Å². The minimum absolute atomic E-state index is 0.0348. The molecule has 0 aliphatic rings. The molecule has 1 heterocycles. The summed E-state index contributed by atoms with van der Waals surface area (Å²) in [5.41, 5.74) is 0.829. The number of aryl methyl sites for hydroxylation is 1. The first-order valence-corrected chi connectivity index (χ1v) is 8.12. The highest BCUT2D eigenvalue weighted by atomic mass is 16.5. The summed E-state index contributed by atoms with van der Waals surface area (Å²) in [5, 5.41) is 12.9. The van der Waals surface area contributed by atoms with Crippen molar-refractivity contribution in [2.24, 2.45) is 0 Å². The molecule has 7 nitrogen and oxygen atoms in total. The van der Waals surface area contributed by atoms with Crippen LogP contribution in [0.15, 0.2) is 28.8 Å². The van der Waals surface area contributed by atoms with Crippen molar-refractivity contribution in [3.63, 3.8) is 0 Å². The maximum absolute atomic E-state index is 12.0. The van der Waals surface area contributed by atoms with Crippen LogP contribution in [0.5, 0.6) is 5.75 Å². The number of ether oxygens (including phenoxy) is 1. The van der Waals surface area contributed by atoms with Gasteiger partial charge in [0.1, 0.15) is 5.75 Å². The summed E-state index contributed by atoms with van der Waals surface area (Å²) < 4.78 is 10.6. The van der Waals surface area contributed by atoms with Crippen LogP contribution in [-0.4, -0.2) is 52.4 Å². The highest BCUT2D eigenvalue weighted by Gasteiger charge is 2.14. The van der Waals surface area contributed by atoms with Gasteiger partial charge >= 0.3 is 0 Å². The minimum Gasteiger partial charge on any atom is -0.494 e. The Balaban J connectivity index is 1.94. The number of aromatic nitrogens is 2. The van der Waals surface area contributed by atoms with Gasteiger partial charge in [-0.05, 0) is 38.1 Å². The molecule has 24 heavy (non-hydrogen) atoms. The van der Waals surface area contributed by atoms with Gasteiger partial charge in [0, 0.05) is 31.5 Å². The summed E-state index contributed by atoms with van der Waals surface area (Å²) in [4.78, 5) is 17.9. The van der Waals surface area contributed by atoms with Gasteiger partial charge < -0.3 is 19.3 Å². The summed E-state index contributed by atoms with van der Waals surface area (Å²) in [5.74, 6) is 1.67. The smallest absolute Gasteiger partial charge is 0.227 e. The van der Waals surface area contributed by atoms with Crippen molar-refractivity contribution in [3.8, 4) is 17.1 Å². The van der Waals surface area contributed by atoms with Gasteiger partial charge in [0.05, 0.1) is 13.2 Å². The summed E-state index contributed by atoms with van der Waals surface area (Å²) in [6, 6.07) is 7.44. The molecule has 0 unspecified atom stereocenters. The van der Waals surface area contributed by atoms with Crippen LogP contribution in [0.25, 0.3) is 11.4 Å². The molecule has 0 bridgehead atoms. The Morgan fingerprint density at radius 3 is 2.67 bits per heavy atom. The Labute approximate surface area is 141 Å². The number of rotatable bonds is 9. The van der Waals surface area contributed by atoms with E-state index in [-0.39, 0.29) is 18.9 Å². The van der Waals surface area contributed by atoms with Crippen molar-refractivity contribution in [2.75, 3.05) is 26.3 Å². The molecular formula is C17H23N3O4. The third-order valence-electron chi connectivity index (χ3n) is 3.55. The van der Waals surface area contributed by atoms with E-state index in [9.17, 15) is 4.79 Å². The highest BCUT2D eigenvalue weighted by Crippen LogP contribution is 2.20. The van der Waals surface area contributed by atoms with Gasteiger partial charge in [0.25, 0.3) is 0 Å². The molecule has 0 atom stereocenters. The number of amides is 1. The number of aliphatic hydroxyl groups is 1. The lowest BCUT2D eigenvalue weighted by molar-refractivity contribution is -0.131. The van der Waals surface area contributed by atoms with Crippen molar-refractivity contribution < 1.29 is 19.2 Å². The van der Waals surface area contributed by atoms with Crippen LogP contribution in [0.3, 0.4) is 0 Å². The quantitative estimate of drug-likeness (QED) is 0.754. The summed E-state index contributed by atoms with van der Waals surface area (Å²) in [6.07, 6.45) is 0.656. The molecule has 130 valence electrons. The van der Waals surface area contributed by atoms with Gasteiger partial charge in [-0.3, -0.25) is 4.79 Å². The zero-order chi connectivity index (χ0) is 17.4. The Kier molecular flexibility index (Phi) is 6.74. The fraction of sp³-hybridized carbons (Fsp3) is 0.471. The highest BCUT2D eigenvalue weighted by molar-refractivity contribution is 5.76. The van der Waals surface area contributed by atoms with Crippen LogP contribution in [0, 0.1) is 0 Å². The number of carbonyl (C=O) groups excluding carboxylic acids is 1. The SMILES string of the molecule is CCOc1ccc(-c2noc(CCC(=O)N(CC)CCO)n2)cc1. The molecule has 1 aromatic heterocycles. The van der Waals surface area contributed by atoms with E-state index in [4.69, 9.17) is 14.4 Å². The second-order valence-corrected chi connectivity index (χ2v) is 5.17. The van der Waals surface area contributed by atoms with Crippen molar-refractivity contribution in [3.05, 3.63) is 30.2 Å². The monoisotopic (exact) mass is 333 g/mol. The molecule has 2 rings (SSSR count). The van der Waals surface area contributed by atoms with Crippen LogP contribution in [0.4, 0.5) is 0 Å². The summed E-state index contributed by atoms with van der Waals surface area (Å²) >= 11 is 0. The molecule has 0 spiro atoms. The maximum Gasteiger partial charge on any atom is 0.227 e. The molecule has 0 radical (unpaired) electrons. The third-order valence-corrected chi connectivity index (χ3v) is 3.55. The lowest BCUT2D eigenvalue weighted by atomic mass is 10.2. The molecule has 1 N–H and O–H groups in total. The largest absolute Gasteiger partial charge is 0.494 e. The first-order valence-electron chi connectivity index (χ1n) is 8.12. The Bertz CT molecular complexity index is 640. The Morgan fingerprint density at radius 2 is 2.04 bits per heavy atom. The van der Waals surface area contributed by atoms with Crippen LogP contribution in [-0.2, 0) is 11.2 Å². The topological polar surface area (TPSA) is 88.7 Å². The predicted molar refractivity (Wildman–Crippen MR) is 88.6 cm³/mol. The van der Waals surface area contributed by atoms with Crippen molar-refractivity contribution in [2.45, 2.75) is 26.7 Å². The number of aliphatic hydroxyl groups excluding tert-OH is 1. The van der Waals surface area contributed by atoms with Crippen LogP contribution >= 0.6 is 0 Å². The van der Waals surface area contributed by atoms with E-state index in [0.29, 0.717) is 37.8 Å². The van der Waals surface area contributed by atoms with Crippen LogP contribution < -0.4 is 4.74 Å². The molecular weight excluding hydrogens is 310 g/mol. The minimum atomic E-state index is -0.0397. The zero-order valence-corrected chi connectivity index (χ0v) is 14.1. The summed E-state index contributed by atoms with van der Waals surface area (Å²) in [6.45, 7) is 5.30. The molecule has 0 saturated carbocycles. The fourth-order valence-corrected chi connectivity index (χ4v) is 2.29. The standard InChI is InChI=1S/C17H23N3O4/c1-3-20(11-12-21)16(22)10-9-15-18-17(19-24-15)13-5-7-14(8-6-13)23-4-2/h5-8,21H,3-4,9-12H2,1-2H3. The Morgan fingerprint density at radius 1 is 1.29 bits per heavy atom. The molecule has 0 saturated heterocycles. The fourth-order valence-electron chi connectivity index (χ4n) is 2.29. The van der Waals surface area contributed by atoms with Crippen LogP contribution in [0.1, 0.15) is 26.2 Å². The van der Waals surface area contributed by atoms with Crippen molar-refractivity contribution in [1.29, 1.82) is 0 Å². The first kappa shape index (κ1) is 17.9. The molecule has 0 aliphatic carbocycles. The van der Waals surface area contributed by atoms with E-state index >= 15 is 0 Å². The number of hydrogen-bond donors (Lipinski definition) is 1. The molecule has 0 fully saturated rings. The molecule has 2 aromatic rings. The van der Waals surface area contributed by atoms with Crippen molar-refractivity contribution >= 4 is 5.91 Å². The van der Waals surface area contributed by atoms with E-state index in [1.165, 1.54) is 0 Å². The van der Waals surface area contributed by atoms with Crippen LogP contribution in [0.2, 0.25) is 0 Å². The predicted octanol–water partition coefficient (Wildman–Crippen LogP) is 1.91. The van der Waals surface area contributed by atoms with Crippen molar-refractivity contribution in [1.82, 2.24) is 15.0 Å². The van der Waals surface area contributed by atoms with Gasteiger partial charge in [-0.25, -0.2) is 0 Å². The third kappa shape index (κ3) is 4.79. The molecule has 7 heteroatoms. The van der Waals surface area contributed by atoms with E-state index in [1.807, 2.05) is 38.1 Å². The maximum atomic E-state index is 12.0. The molecule has 1 amide bonds. The second-order valence-electron chi connectivity index (χ2n) is 5.17. The zero-order valence-electron chi connectivity index (χ0n) is 14.1. The lowest BCUT2D eigenvalue weighted by Gasteiger charge is -2.18. The van der Waals surface area contributed by atoms with Gasteiger partial charge in [-0.1, -0.05) is 5.16 Å². The van der Waals surface area contributed by atoms with Gasteiger partial charge in [0.2, 0.25) is 17.6 Å². The Hall–Kier alpha value is -2.41. The van der Waals surface area contributed by atoms with Gasteiger partial charge in [0.15, 0.2) is 0 Å². The lowest BCUT2D eigenvalue weighted by Crippen LogP contribution is -2.33. The number of likely N-dealkylation sites (N-methyl/N-ethyl adjacent to an activating group) is 1. The van der Waals surface area contributed by atoms with E-state index in [2.05, 4.69) is 10.1 Å². The number of nitrogens with zero attached hydrogens (tertiary/aromatic N) is 3. The van der Waals surface area contributed by atoms with E-state index in [1.54, 1.807) is 4.90 Å². The van der Waals surface area contributed by atoms with Gasteiger partial charge in [-0.15, -0.1) is 0 Å². The average molecular weight is 333 g/mol. The number of benzene rings is 1. The second kappa shape index (κ2) is 9.02. The summed E-state index contributed by atoms with van der Waals surface area (Å²) in [7, 11) is 0. The molecule has 0 aliphatic heterocycles. The average Bonchev–Trinajstić information content (AvgIpc) is 3.07. The molecule has 1 aromatic carbocycles.